The minimum atomic E-state index is -0.211. The van der Waals surface area contributed by atoms with Crippen LogP contribution in [0.25, 0.3) is 0 Å². The Balaban J connectivity index is 2.26. The molecule has 0 aliphatic carbocycles. The van der Waals surface area contributed by atoms with Crippen LogP contribution in [0.2, 0.25) is 0 Å². The Kier molecular flexibility index (Phi) is 3.85. The lowest BCUT2D eigenvalue weighted by atomic mass is 10.0. The molecule has 1 aromatic carbocycles. The van der Waals surface area contributed by atoms with Crippen molar-refractivity contribution in [2.45, 2.75) is 43.9 Å². The van der Waals surface area contributed by atoms with E-state index >= 15 is 0 Å². The number of carbonyl (C=O) groups excluding carboxylic acids is 1. The van der Waals surface area contributed by atoms with E-state index in [4.69, 9.17) is 4.74 Å². The van der Waals surface area contributed by atoms with Crippen molar-refractivity contribution >= 4 is 17.9 Å². The third-order valence-corrected chi connectivity index (χ3v) is 4.02. The van der Waals surface area contributed by atoms with Crippen LogP contribution in [0.5, 0.6) is 0 Å². The lowest BCUT2D eigenvalue weighted by molar-refractivity contribution is 0.129. The summed E-state index contributed by atoms with van der Waals surface area (Å²) in [6.45, 7) is 6.07. The van der Waals surface area contributed by atoms with Crippen molar-refractivity contribution in [1.29, 1.82) is 0 Å². The molecule has 2 rings (SSSR count). The Morgan fingerprint density at radius 1 is 1.39 bits per heavy atom. The van der Waals surface area contributed by atoms with E-state index in [-0.39, 0.29) is 24.3 Å². The van der Waals surface area contributed by atoms with Crippen LogP contribution in [0.3, 0.4) is 0 Å². The first-order chi connectivity index (χ1) is 8.54. The number of nitrogens with zero attached hydrogens (tertiary/aromatic N) is 1. The highest BCUT2D eigenvalue weighted by atomic mass is 32.2. The molecule has 98 valence electrons. The first kappa shape index (κ1) is 13.3. The topological polar surface area (TPSA) is 29.5 Å². The predicted molar refractivity (Wildman–Crippen MR) is 73.9 cm³/mol. The van der Waals surface area contributed by atoms with Gasteiger partial charge in [-0.2, -0.15) is 0 Å². The number of carbonyl (C=O) groups is 1. The molecule has 0 radical (unpaired) electrons. The SMILES string of the molecule is CSc1cccc([C@H]2OC(=O)N(C(C)C)[C@H]2C)c1. The van der Waals surface area contributed by atoms with Crippen LogP contribution in [0.4, 0.5) is 4.79 Å². The fourth-order valence-electron chi connectivity index (χ4n) is 2.43. The molecule has 1 fully saturated rings. The van der Waals surface area contributed by atoms with E-state index in [9.17, 15) is 4.79 Å². The summed E-state index contributed by atoms with van der Waals surface area (Å²) in [5, 5.41) is 0. The molecule has 0 N–H and O–H groups in total. The number of benzene rings is 1. The van der Waals surface area contributed by atoms with Crippen molar-refractivity contribution in [1.82, 2.24) is 4.90 Å². The molecule has 1 aliphatic rings. The zero-order valence-corrected chi connectivity index (χ0v) is 12.0. The van der Waals surface area contributed by atoms with Crippen LogP contribution in [-0.4, -0.2) is 29.3 Å². The smallest absolute Gasteiger partial charge is 0.411 e. The van der Waals surface area contributed by atoms with Crippen LogP contribution < -0.4 is 0 Å². The largest absolute Gasteiger partial charge is 0.439 e. The van der Waals surface area contributed by atoms with Gasteiger partial charge in [0.2, 0.25) is 0 Å². The molecule has 1 aromatic rings. The van der Waals surface area contributed by atoms with Gasteiger partial charge >= 0.3 is 6.09 Å². The minimum absolute atomic E-state index is 0.0783. The molecule has 1 saturated heterocycles. The maximum absolute atomic E-state index is 11.9. The molecule has 0 aromatic heterocycles. The van der Waals surface area contributed by atoms with Crippen molar-refractivity contribution in [2.75, 3.05) is 6.26 Å². The van der Waals surface area contributed by atoms with Gasteiger partial charge in [0.15, 0.2) is 0 Å². The van der Waals surface area contributed by atoms with Gasteiger partial charge in [-0.05, 0) is 44.7 Å². The molecule has 2 atom stereocenters. The van der Waals surface area contributed by atoms with Gasteiger partial charge in [-0.25, -0.2) is 4.79 Å². The summed E-state index contributed by atoms with van der Waals surface area (Å²) in [7, 11) is 0. The number of cyclic esters (lactones) is 1. The second kappa shape index (κ2) is 5.22. The third kappa shape index (κ3) is 2.34. The second-order valence-electron chi connectivity index (χ2n) is 4.82. The van der Waals surface area contributed by atoms with E-state index in [1.54, 1.807) is 16.7 Å². The van der Waals surface area contributed by atoms with E-state index in [1.165, 1.54) is 4.90 Å². The Morgan fingerprint density at radius 2 is 2.11 bits per heavy atom. The van der Waals surface area contributed by atoms with Crippen LogP contribution in [0.1, 0.15) is 32.4 Å². The first-order valence-electron chi connectivity index (χ1n) is 6.17. The normalized spacial score (nSPS) is 23.6. The Morgan fingerprint density at radius 3 is 2.67 bits per heavy atom. The Bertz CT molecular complexity index is 447. The van der Waals surface area contributed by atoms with Gasteiger partial charge in [-0.3, -0.25) is 4.90 Å². The Hall–Kier alpha value is -1.16. The van der Waals surface area contributed by atoms with Crippen molar-refractivity contribution in [2.24, 2.45) is 0 Å². The summed E-state index contributed by atoms with van der Waals surface area (Å²) in [4.78, 5) is 14.9. The van der Waals surface area contributed by atoms with Gasteiger partial charge < -0.3 is 4.74 Å². The van der Waals surface area contributed by atoms with Crippen LogP contribution in [-0.2, 0) is 4.74 Å². The minimum Gasteiger partial charge on any atom is -0.439 e. The van der Waals surface area contributed by atoms with E-state index in [0.717, 1.165) is 5.56 Å². The summed E-state index contributed by atoms with van der Waals surface area (Å²) in [6, 6.07) is 8.45. The number of amides is 1. The second-order valence-corrected chi connectivity index (χ2v) is 5.70. The molecule has 0 bridgehead atoms. The van der Waals surface area contributed by atoms with E-state index in [1.807, 2.05) is 39.2 Å². The highest BCUT2D eigenvalue weighted by Crippen LogP contribution is 2.34. The number of hydrogen-bond acceptors (Lipinski definition) is 3. The fourth-order valence-corrected chi connectivity index (χ4v) is 2.89. The zero-order valence-electron chi connectivity index (χ0n) is 11.2. The van der Waals surface area contributed by atoms with E-state index in [0.29, 0.717) is 0 Å². The van der Waals surface area contributed by atoms with Gasteiger partial charge in [-0.1, -0.05) is 12.1 Å². The third-order valence-electron chi connectivity index (χ3n) is 3.29. The van der Waals surface area contributed by atoms with E-state index < -0.39 is 0 Å². The number of ether oxygens (including phenoxy) is 1. The molecular formula is C14H19NO2S. The van der Waals surface area contributed by atoms with Crippen LogP contribution in [0.15, 0.2) is 29.2 Å². The summed E-state index contributed by atoms with van der Waals surface area (Å²) in [6.07, 6.45) is 1.67. The van der Waals surface area contributed by atoms with Crippen LogP contribution in [0, 0.1) is 0 Å². The molecular weight excluding hydrogens is 246 g/mol. The first-order valence-corrected chi connectivity index (χ1v) is 7.40. The molecule has 0 spiro atoms. The standard InChI is InChI=1S/C14H19NO2S/c1-9(2)15-10(3)13(17-14(15)16)11-6-5-7-12(8-11)18-4/h5-10,13H,1-4H3/t10-,13-/m0/s1. The number of thioether (sulfide) groups is 1. The van der Waals surface area contributed by atoms with Crippen molar-refractivity contribution < 1.29 is 9.53 Å². The average Bonchev–Trinajstić information content (AvgIpc) is 2.65. The number of rotatable bonds is 3. The molecule has 1 heterocycles. The molecule has 3 nitrogen and oxygen atoms in total. The van der Waals surface area contributed by atoms with Gasteiger partial charge in [-0.15, -0.1) is 11.8 Å². The summed E-state index contributed by atoms with van der Waals surface area (Å²) in [5.74, 6) is 0. The molecule has 1 aliphatic heterocycles. The maximum Gasteiger partial charge on any atom is 0.411 e. The van der Waals surface area contributed by atoms with Crippen molar-refractivity contribution in [3.8, 4) is 0 Å². The quantitative estimate of drug-likeness (QED) is 0.780. The number of hydrogen-bond donors (Lipinski definition) is 0. The van der Waals surface area contributed by atoms with Gasteiger partial charge in [0.1, 0.15) is 6.10 Å². The molecule has 0 unspecified atom stereocenters. The molecule has 18 heavy (non-hydrogen) atoms. The highest BCUT2D eigenvalue weighted by Gasteiger charge is 2.40. The lowest BCUT2D eigenvalue weighted by Crippen LogP contribution is -2.37. The monoisotopic (exact) mass is 265 g/mol. The van der Waals surface area contributed by atoms with Gasteiger partial charge in [0.05, 0.1) is 6.04 Å². The summed E-state index contributed by atoms with van der Waals surface area (Å²) < 4.78 is 5.51. The van der Waals surface area contributed by atoms with E-state index in [2.05, 4.69) is 12.1 Å². The van der Waals surface area contributed by atoms with Crippen LogP contribution >= 0.6 is 11.8 Å². The average molecular weight is 265 g/mol. The predicted octanol–water partition coefficient (Wildman–Crippen LogP) is 3.70. The van der Waals surface area contributed by atoms with Crippen molar-refractivity contribution in [3.05, 3.63) is 29.8 Å². The highest BCUT2D eigenvalue weighted by molar-refractivity contribution is 7.98. The van der Waals surface area contributed by atoms with Crippen molar-refractivity contribution in [3.63, 3.8) is 0 Å². The zero-order chi connectivity index (χ0) is 13.3. The lowest BCUT2D eigenvalue weighted by Gasteiger charge is -2.24. The van der Waals surface area contributed by atoms with Gasteiger partial charge in [0.25, 0.3) is 0 Å². The maximum atomic E-state index is 11.9. The Labute approximate surface area is 113 Å². The summed E-state index contributed by atoms with van der Waals surface area (Å²) in [5.41, 5.74) is 1.07. The molecule has 4 heteroatoms. The summed E-state index contributed by atoms with van der Waals surface area (Å²) >= 11 is 1.70. The molecule has 1 amide bonds. The van der Waals surface area contributed by atoms with Gasteiger partial charge in [0, 0.05) is 10.9 Å². The molecule has 0 saturated carbocycles. The fraction of sp³-hybridized carbons (Fsp3) is 0.500.